The first-order valence-corrected chi connectivity index (χ1v) is 10.7. The minimum Gasteiger partial charge on any atom is -0.368 e. The molecule has 0 atom stereocenters. The summed E-state index contributed by atoms with van der Waals surface area (Å²) in [5.41, 5.74) is 2.84. The van der Waals surface area contributed by atoms with E-state index >= 15 is 0 Å². The number of rotatable bonds is 7. The van der Waals surface area contributed by atoms with E-state index in [2.05, 4.69) is 22.3 Å². The molecule has 0 aromatic heterocycles. The number of nitrogens with zero attached hydrogens (tertiary/aromatic N) is 3. The zero-order chi connectivity index (χ0) is 21.5. The van der Waals surface area contributed by atoms with Gasteiger partial charge in [-0.3, -0.25) is 14.5 Å². The summed E-state index contributed by atoms with van der Waals surface area (Å²) in [4.78, 5) is 31.3. The van der Waals surface area contributed by atoms with E-state index in [1.165, 1.54) is 5.69 Å². The highest BCUT2D eigenvalue weighted by atomic mass is 35.5. The van der Waals surface area contributed by atoms with Gasteiger partial charge in [0.05, 0.1) is 13.1 Å². The zero-order valence-corrected chi connectivity index (χ0v) is 18.4. The summed E-state index contributed by atoms with van der Waals surface area (Å²) in [5, 5.41) is 3.47. The molecule has 1 saturated heterocycles. The molecule has 0 bridgehead atoms. The molecule has 30 heavy (non-hydrogen) atoms. The molecule has 1 heterocycles. The molecule has 3 rings (SSSR count). The van der Waals surface area contributed by atoms with Crippen molar-refractivity contribution in [2.24, 2.45) is 0 Å². The molecule has 0 saturated carbocycles. The Bertz CT molecular complexity index is 867. The lowest BCUT2D eigenvalue weighted by molar-refractivity contribution is -0.133. The van der Waals surface area contributed by atoms with Gasteiger partial charge < -0.3 is 15.1 Å². The molecular weight excluding hydrogens is 400 g/mol. The molecule has 0 spiro atoms. The third-order valence-corrected chi connectivity index (χ3v) is 5.64. The average Bonchev–Trinajstić information content (AvgIpc) is 2.76. The number of carbonyl (C=O) groups excluding carboxylic acids is 2. The second-order valence-corrected chi connectivity index (χ2v) is 7.95. The molecule has 6 nitrogen and oxygen atoms in total. The van der Waals surface area contributed by atoms with Crippen LogP contribution in [0.5, 0.6) is 0 Å². The van der Waals surface area contributed by atoms with Gasteiger partial charge in [0.2, 0.25) is 11.8 Å². The van der Waals surface area contributed by atoms with Crippen molar-refractivity contribution in [2.75, 3.05) is 56.0 Å². The van der Waals surface area contributed by atoms with Crippen LogP contribution in [-0.4, -0.2) is 67.4 Å². The van der Waals surface area contributed by atoms with Crippen LogP contribution in [0.25, 0.3) is 0 Å². The van der Waals surface area contributed by atoms with E-state index in [1.54, 1.807) is 12.1 Å². The maximum absolute atomic E-state index is 12.8. The highest BCUT2D eigenvalue weighted by Crippen LogP contribution is 2.20. The van der Waals surface area contributed by atoms with E-state index in [-0.39, 0.29) is 24.9 Å². The molecule has 1 fully saturated rings. The zero-order valence-electron chi connectivity index (χ0n) is 17.6. The lowest BCUT2D eigenvalue weighted by Gasteiger charge is -2.37. The van der Waals surface area contributed by atoms with Crippen LogP contribution < -0.4 is 10.2 Å². The van der Waals surface area contributed by atoms with Gasteiger partial charge in [-0.25, -0.2) is 0 Å². The number of benzene rings is 2. The van der Waals surface area contributed by atoms with Crippen LogP contribution in [0, 0.1) is 6.92 Å². The Balaban J connectivity index is 1.48. The van der Waals surface area contributed by atoms with Crippen molar-refractivity contribution in [1.82, 2.24) is 9.80 Å². The van der Waals surface area contributed by atoms with Gasteiger partial charge in [0.15, 0.2) is 0 Å². The lowest BCUT2D eigenvalue weighted by Crippen LogP contribution is -2.51. The molecule has 1 N–H and O–H groups in total. The summed E-state index contributed by atoms with van der Waals surface area (Å²) in [6.07, 6.45) is 0. The summed E-state index contributed by atoms with van der Waals surface area (Å²) in [6, 6.07) is 15.7. The fraction of sp³-hybridized carbons (Fsp3) is 0.391. The van der Waals surface area contributed by atoms with Crippen molar-refractivity contribution >= 4 is 34.8 Å². The predicted octanol–water partition coefficient (Wildman–Crippen LogP) is 3.26. The second-order valence-electron chi connectivity index (χ2n) is 7.51. The molecule has 1 aliphatic heterocycles. The summed E-state index contributed by atoms with van der Waals surface area (Å²) in [6.45, 7) is 7.92. The Morgan fingerprint density at radius 3 is 2.40 bits per heavy atom. The Labute approximate surface area is 183 Å². The van der Waals surface area contributed by atoms with Gasteiger partial charge in [0, 0.05) is 42.6 Å². The molecule has 2 aromatic rings. The van der Waals surface area contributed by atoms with Gasteiger partial charge in [-0.1, -0.05) is 42.8 Å². The number of halogens is 1. The quantitative estimate of drug-likeness (QED) is 0.735. The molecule has 2 amide bonds. The van der Waals surface area contributed by atoms with Gasteiger partial charge >= 0.3 is 0 Å². The molecular formula is C23H29ClN4O2. The van der Waals surface area contributed by atoms with Crippen LogP contribution in [0.2, 0.25) is 5.02 Å². The van der Waals surface area contributed by atoms with Crippen LogP contribution >= 0.6 is 11.6 Å². The van der Waals surface area contributed by atoms with Crippen molar-refractivity contribution in [3.63, 3.8) is 0 Å². The standard InChI is InChI=1S/C23H29ClN4O2/c1-3-26(16-22(29)25-21-15-19(24)10-9-18(21)2)17-23(30)28-13-11-27(12-14-28)20-7-5-4-6-8-20/h4-10,15H,3,11-14,16-17H2,1-2H3,(H,25,29). The number of para-hydroxylation sites is 1. The predicted molar refractivity (Wildman–Crippen MR) is 122 cm³/mol. The Hall–Kier alpha value is -2.57. The Morgan fingerprint density at radius 2 is 1.73 bits per heavy atom. The number of carbonyl (C=O) groups is 2. The van der Waals surface area contributed by atoms with Crippen LogP contribution in [0.3, 0.4) is 0 Å². The van der Waals surface area contributed by atoms with E-state index < -0.39 is 0 Å². The van der Waals surface area contributed by atoms with Gasteiger partial charge in [0.1, 0.15) is 0 Å². The summed E-state index contributed by atoms with van der Waals surface area (Å²) in [5.74, 6) is -0.0831. The minimum atomic E-state index is -0.149. The van der Waals surface area contributed by atoms with E-state index in [9.17, 15) is 9.59 Å². The van der Waals surface area contributed by atoms with Crippen molar-refractivity contribution in [2.45, 2.75) is 13.8 Å². The highest BCUT2D eigenvalue weighted by Gasteiger charge is 2.23. The van der Waals surface area contributed by atoms with Crippen molar-refractivity contribution in [3.8, 4) is 0 Å². The van der Waals surface area contributed by atoms with Gasteiger partial charge in [-0.2, -0.15) is 0 Å². The van der Waals surface area contributed by atoms with E-state index in [0.29, 0.717) is 30.3 Å². The topological polar surface area (TPSA) is 55.9 Å². The smallest absolute Gasteiger partial charge is 0.238 e. The molecule has 0 radical (unpaired) electrons. The van der Waals surface area contributed by atoms with E-state index in [4.69, 9.17) is 11.6 Å². The third kappa shape index (κ3) is 5.97. The lowest BCUT2D eigenvalue weighted by atomic mass is 10.2. The molecule has 2 aromatic carbocycles. The summed E-state index contributed by atoms with van der Waals surface area (Å²) in [7, 11) is 0. The highest BCUT2D eigenvalue weighted by molar-refractivity contribution is 6.31. The average molecular weight is 429 g/mol. The summed E-state index contributed by atoms with van der Waals surface area (Å²) >= 11 is 6.02. The number of aryl methyl sites for hydroxylation is 1. The maximum atomic E-state index is 12.8. The fourth-order valence-corrected chi connectivity index (χ4v) is 3.72. The van der Waals surface area contributed by atoms with Crippen LogP contribution in [-0.2, 0) is 9.59 Å². The Morgan fingerprint density at radius 1 is 1.03 bits per heavy atom. The number of anilines is 2. The Kier molecular flexibility index (Phi) is 7.71. The summed E-state index contributed by atoms with van der Waals surface area (Å²) < 4.78 is 0. The molecule has 7 heteroatoms. The largest absolute Gasteiger partial charge is 0.368 e. The number of hydrogen-bond acceptors (Lipinski definition) is 4. The molecule has 0 aliphatic carbocycles. The molecule has 160 valence electrons. The first-order valence-electron chi connectivity index (χ1n) is 10.3. The second kappa shape index (κ2) is 10.5. The molecule has 0 unspecified atom stereocenters. The number of hydrogen-bond donors (Lipinski definition) is 1. The number of likely N-dealkylation sites (N-methyl/N-ethyl adjacent to an activating group) is 1. The van der Waals surface area contributed by atoms with Crippen molar-refractivity contribution < 1.29 is 9.59 Å². The van der Waals surface area contributed by atoms with Crippen LogP contribution in [0.4, 0.5) is 11.4 Å². The fourth-order valence-electron chi connectivity index (χ4n) is 3.55. The number of amides is 2. The third-order valence-electron chi connectivity index (χ3n) is 5.40. The molecule has 1 aliphatic rings. The van der Waals surface area contributed by atoms with E-state index in [0.717, 1.165) is 18.7 Å². The van der Waals surface area contributed by atoms with Gasteiger partial charge in [0.25, 0.3) is 0 Å². The van der Waals surface area contributed by atoms with Gasteiger partial charge in [-0.05, 0) is 43.3 Å². The number of piperazine rings is 1. The van der Waals surface area contributed by atoms with Gasteiger partial charge in [-0.15, -0.1) is 0 Å². The SMILES string of the molecule is CCN(CC(=O)Nc1cc(Cl)ccc1C)CC(=O)N1CCN(c2ccccc2)CC1. The minimum absolute atomic E-state index is 0.0660. The maximum Gasteiger partial charge on any atom is 0.238 e. The monoisotopic (exact) mass is 428 g/mol. The van der Waals surface area contributed by atoms with Crippen LogP contribution in [0.1, 0.15) is 12.5 Å². The first kappa shape index (κ1) is 22.1. The van der Waals surface area contributed by atoms with E-state index in [1.807, 2.05) is 47.9 Å². The normalized spacial score (nSPS) is 14.1. The van der Waals surface area contributed by atoms with Crippen LogP contribution in [0.15, 0.2) is 48.5 Å². The number of nitrogens with one attached hydrogen (secondary N) is 1. The first-order chi connectivity index (χ1) is 14.5. The van der Waals surface area contributed by atoms with Crippen molar-refractivity contribution in [1.29, 1.82) is 0 Å². The van der Waals surface area contributed by atoms with Crippen molar-refractivity contribution in [3.05, 3.63) is 59.1 Å².